The maximum atomic E-state index is 12.7. The molecule has 2 heterocycles. The van der Waals surface area contributed by atoms with Gasteiger partial charge in [0.1, 0.15) is 0 Å². The highest BCUT2D eigenvalue weighted by molar-refractivity contribution is 6.62. The van der Waals surface area contributed by atoms with Crippen LogP contribution in [-0.4, -0.2) is 28.7 Å². The van der Waals surface area contributed by atoms with E-state index in [0.29, 0.717) is 0 Å². The van der Waals surface area contributed by atoms with Crippen LogP contribution in [0.4, 0.5) is 0 Å². The van der Waals surface area contributed by atoms with E-state index < -0.39 is 7.12 Å². The molecule has 1 aromatic carbocycles. The van der Waals surface area contributed by atoms with Gasteiger partial charge in [0.25, 0.3) is 0 Å². The molecular formula is C21H30BNO3. The Morgan fingerprint density at radius 2 is 1.58 bits per heavy atom. The number of carbonyl (C=O) groups excluding carboxylic acids is 1. The number of ketones is 1. The first-order valence-corrected chi connectivity index (χ1v) is 9.49. The van der Waals surface area contributed by atoms with Crippen molar-refractivity contribution in [1.29, 1.82) is 0 Å². The van der Waals surface area contributed by atoms with E-state index in [4.69, 9.17) is 9.31 Å². The fraction of sp³-hybridized carbons (Fsp3) is 0.571. The topological polar surface area (TPSA) is 40.5 Å². The Hall–Kier alpha value is -1.59. The minimum atomic E-state index is -0.399. The van der Waals surface area contributed by atoms with Crippen molar-refractivity contribution in [3.63, 3.8) is 0 Å². The zero-order valence-electron chi connectivity index (χ0n) is 17.2. The fourth-order valence-corrected chi connectivity index (χ4v) is 3.41. The number of hydrogen-bond acceptors (Lipinski definition) is 3. The minimum absolute atomic E-state index is 0.0284. The van der Waals surface area contributed by atoms with Crippen LogP contribution < -0.4 is 5.46 Å². The number of hydrogen-bond donors (Lipinski definition) is 0. The zero-order valence-corrected chi connectivity index (χ0v) is 17.2. The van der Waals surface area contributed by atoms with Gasteiger partial charge in [0.15, 0.2) is 5.78 Å². The van der Waals surface area contributed by atoms with Crippen LogP contribution in [0.25, 0.3) is 10.9 Å². The summed E-state index contributed by atoms with van der Waals surface area (Å²) in [4.78, 5) is 12.7. The van der Waals surface area contributed by atoms with Gasteiger partial charge in [0.05, 0.1) is 16.9 Å². The SMILES string of the molecule is CC(C)C(=O)c1cc2ccc(B3OC(C)(C)C(C)(C)O3)cc2n1C(C)C. The lowest BCUT2D eigenvalue weighted by Crippen LogP contribution is -2.41. The summed E-state index contributed by atoms with van der Waals surface area (Å²) in [6.45, 7) is 16.3. The molecule has 0 bridgehead atoms. The minimum Gasteiger partial charge on any atom is -0.399 e. The number of fused-ring (bicyclic) bond motifs is 1. The van der Waals surface area contributed by atoms with Gasteiger partial charge in [-0.1, -0.05) is 26.0 Å². The van der Waals surface area contributed by atoms with Crippen molar-refractivity contribution in [3.05, 3.63) is 30.0 Å². The van der Waals surface area contributed by atoms with Gasteiger partial charge in [0.2, 0.25) is 0 Å². The molecule has 5 heteroatoms. The smallest absolute Gasteiger partial charge is 0.399 e. The van der Waals surface area contributed by atoms with E-state index in [9.17, 15) is 4.79 Å². The molecule has 0 aliphatic carbocycles. The standard InChI is InChI=1S/C21H30BNO3/c1-13(2)19(24)18-11-15-9-10-16(12-17(15)23(18)14(3)4)22-25-20(5,6)21(7,8)26-22/h9-14H,1-8H3. The largest absolute Gasteiger partial charge is 0.494 e. The summed E-state index contributed by atoms with van der Waals surface area (Å²) in [5, 5.41) is 1.07. The summed E-state index contributed by atoms with van der Waals surface area (Å²) in [6.07, 6.45) is 0. The third-order valence-electron chi connectivity index (χ3n) is 5.68. The van der Waals surface area contributed by atoms with E-state index >= 15 is 0 Å². The number of benzene rings is 1. The van der Waals surface area contributed by atoms with Crippen LogP contribution in [0.15, 0.2) is 24.3 Å². The lowest BCUT2D eigenvalue weighted by Gasteiger charge is -2.32. The molecule has 26 heavy (non-hydrogen) atoms. The maximum Gasteiger partial charge on any atom is 0.494 e. The third-order valence-corrected chi connectivity index (χ3v) is 5.68. The van der Waals surface area contributed by atoms with Crippen LogP contribution in [0.1, 0.15) is 71.9 Å². The molecule has 0 saturated carbocycles. The number of aromatic nitrogens is 1. The van der Waals surface area contributed by atoms with Crippen LogP contribution in [0.2, 0.25) is 0 Å². The fourth-order valence-electron chi connectivity index (χ4n) is 3.41. The van der Waals surface area contributed by atoms with E-state index in [0.717, 1.165) is 22.1 Å². The molecular weight excluding hydrogens is 325 g/mol. The van der Waals surface area contributed by atoms with Gasteiger partial charge in [-0.05, 0) is 59.1 Å². The molecule has 140 valence electrons. The predicted octanol–water partition coefficient (Wildman–Crippen LogP) is 4.36. The average Bonchev–Trinajstić information content (AvgIpc) is 3.00. The van der Waals surface area contributed by atoms with Gasteiger partial charge in [0, 0.05) is 22.9 Å². The van der Waals surface area contributed by atoms with E-state index in [1.165, 1.54) is 0 Å². The lowest BCUT2D eigenvalue weighted by molar-refractivity contribution is 0.00578. The third kappa shape index (κ3) is 3.01. The van der Waals surface area contributed by atoms with Gasteiger partial charge in [-0.25, -0.2) is 0 Å². The second-order valence-electron chi connectivity index (χ2n) is 8.92. The number of Topliss-reactive ketones (excluding diaryl/α,β-unsaturated/α-hetero) is 1. The first-order valence-electron chi connectivity index (χ1n) is 9.49. The molecule has 4 nitrogen and oxygen atoms in total. The number of nitrogens with zero attached hydrogens (tertiary/aromatic N) is 1. The van der Waals surface area contributed by atoms with E-state index in [2.05, 4.69) is 58.2 Å². The van der Waals surface area contributed by atoms with Crippen molar-refractivity contribution >= 4 is 29.3 Å². The quantitative estimate of drug-likeness (QED) is 0.604. The Balaban J connectivity index is 2.09. The monoisotopic (exact) mass is 355 g/mol. The summed E-state index contributed by atoms with van der Waals surface area (Å²) < 4.78 is 14.5. The number of carbonyl (C=O) groups is 1. The van der Waals surface area contributed by atoms with Crippen molar-refractivity contribution in [2.45, 2.75) is 72.6 Å². The molecule has 0 N–H and O–H groups in total. The van der Waals surface area contributed by atoms with E-state index in [1.807, 2.05) is 26.0 Å². The first kappa shape index (κ1) is 19.2. The molecule has 0 radical (unpaired) electrons. The Labute approximate surface area is 157 Å². The molecule has 1 aromatic heterocycles. The summed E-state index contributed by atoms with van der Waals surface area (Å²) in [7, 11) is -0.399. The zero-order chi connectivity index (χ0) is 19.4. The Bertz CT molecular complexity index is 832. The lowest BCUT2D eigenvalue weighted by atomic mass is 9.79. The van der Waals surface area contributed by atoms with Gasteiger partial charge < -0.3 is 13.9 Å². The summed E-state index contributed by atoms with van der Waals surface area (Å²) in [6, 6.07) is 8.41. The van der Waals surface area contributed by atoms with Crippen molar-refractivity contribution in [2.75, 3.05) is 0 Å². The Kier molecular flexibility index (Phi) is 4.61. The molecule has 1 aliphatic rings. The predicted molar refractivity (Wildman–Crippen MR) is 107 cm³/mol. The summed E-state index contributed by atoms with van der Waals surface area (Å²) in [5.74, 6) is 0.145. The van der Waals surface area contributed by atoms with Crippen molar-refractivity contribution in [2.24, 2.45) is 5.92 Å². The maximum absolute atomic E-state index is 12.7. The summed E-state index contributed by atoms with van der Waals surface area (Å²) in [5.41, 5.74) is 2.07. The van der Waals surface area contributed by atoms with Crippen LogP contribution in [-0.2, 0) is 9.31 Å². The molecule has 1 fully saturated rings. The Morgan fingerprint density at radius 1 is 1.00 bits per heavy atom. The normalized spacial score (nSPS) is 19.1. The molecule has 0 unspecified atom stereocenters. The molecule has 0 amide bonds. The van der Waals surface area contributed by atoms with Crippen LogP contribution in [0.5, 0.6) is 0 Å². The molecule has 0 spiro atoms. The van der Waals surface area contributed by atoms with Crippen molar-refractivity contribution in [3.8, 4) is 0 Å². The van der Waals surface area contributed by atoms with Gasteiger partial charge in [-0.3, -0.25) is 4.79 Å². The van der Waals surface area contributed by atoms with Gasteiger partial charge >= 0.3 is 7.12 Å². The van der Waals surface area contributed by atoms with Crippen molar-refractivity contribution in [1.82, 2.24) is 4.57 Å². The first-order chi connectivity index (χ1) is 11.9. The highest BCUT2D eigenvalue weighted by atomic mass is 16.7. The van der Waals surface area contributed by atoms with Crippen LogP contribution >= 0.6 is 0 Å². The second kappa shape index (κ2) is 6.24. The van der Waals surface area contributed by atoms with Crippen molar-refractivity contribution < 1.29 is 14.1 Å². The highest BCUT2D eigenvalue weighted by Gasteiger charge is 2.51. The molecule has 1 aliphatic heterocycles. The van der Waals surface area contributed by atoms with Crippen LogP contribution in [0.3, 0.4) is 0 Å². The molecule has 1 saturated heterocycles. The van der Waals surface area contributed by atoms with E-state index in [1.54, 1.807) is 0 Å². The highest BCUT2D eigenvalue weighted by Crippen LogP contribution is 2.37. The molecule has 3 rings (SSSR count). The molecule has 0 atom stereocenters. The second-order valence-corrected chi connectivity index (χ2v) is 8.92. The van der Waals surface area contributed by atoms with Crippen LogP contribution in [0, 0.1) is 5.92 Å². The van der Waals surface area contributed by atoms with E-state index in [-0.39, 0.29) is 28.9 Å². The Morgan fingerprint density at radius 3 is 2.08 bits per heavy atom. The van der Waals surface area contributed by atoms with Gasteiger partial charge in [-0.2, -0.15) is 0 Å². The average molecular weight is 355 g/mol. The van der Waals surface area contributed by atoms with Gasteiger partial charge in [-0.15, -0.1) is 0 Å². The number of rotatable bonds is 4. The summed E-state index contributed by atoms with van der Waals surface area (Å²) >= 11 is 0. The molecule has 2 aromatic rings.